The molecule has 0 radical (unpaired) electrons. The van der Waals surface area contributed by atoms with E-state index >= 15 is 0 Å². The van der Waals surface area contributed by atoms with Gasteiger partial charge in [0.05, 0.1) is 37.0 Å². The number of aromatic amines is 2. The SMILES string of the molecule is CCOc1cc(C(=O)N2CCC3(CC2)CC(=O)c2cc(-c4noc(=O)[nH]4)ccc2O3)cc(OCC)c1-c1cn[nH]c1. The molecule has 4 aromatic rings. The van der Waals surface area contributed by atoms with Crippen molar-refractivity contribution >= 4 is 11.7 Å². The lowest BCUT2D eigenvalue weighted by Crippen LogP contribution is -2.52. The lowest BCUT2D eigenvalue weighted by molar-refractivity contribution is -0.00572. The molecule has 2 aromatic heterocycles. The van der Waals surface area contributed by atoms with Gasteiger partial charge in [-0.2, -0.15) is 5.10 Å². The number of nitrogens with one attached hydrogen (secondary N) is 2. The fraction of sp³-hybridized carbons (Fsp3) is 0.345. The van der Waals surface area contributed by atoms with E-state index in [2.05, 4.69) is 24.9 Å². The third-order valence-corrected chi connectivity index (χ3v) is 7.46. The van der Waals surface area contributed by atoms with Crippen LogP contribution in [0.15, 0.2) is 52.0 Å². The van der Waals surface area contributed by atoms with E-state index in [1.165, 1.54) is 0 Å². The number of ketones is 1. The first kappa shape index (κ1) is 26.4. The lowest BCUT2D eigenvalue weighted by atomic mass is 9.82. The van der Waals surface area contributed by atoms with Crippen LogP contribution in [-0.4, -0.2) is 68.8 Å². The Balaban J connectivity index is 1.21. The predicted octanol–water partition coefficient (Wildman–Crippen LogP) is 3.86. The van der Waals surface area contributed by atoms with Crippen LogP contribution in [0.1, 0.15) is 53.8 Å². The summed E-state index contributed by atoms with van der Waals surface area (Å²) in [5, 5.41) is 10.5. The standard InChI is InChI=1S/C29H29N5O7/c1-3-38-23-12-18(13-24(39-4-2)25(23)19-15-30-31-16-19)27(36)34-9-7-29(8-10-34)14-21(35)20-11-17(5-6-22(20)40-29)26-32-28(37)41-33-26/h5-6,11-13,15-16H,3-4,7-10,14H2,1-2H3,(H,30,31)(H,32,33,37). The molecule has 212 valence electrons. The second-order valence-electron chi connectivity index (χ2n) is 10.0. The molecule has 41 heavy (non-hydrogen) atoms. The van der Waals surface area contributed by atoms with Gasteiger partial charge in [0, 0.05) is 48.8 Å². The van der Waals surface area contributed by atoms with Crippen molar-refractivity contribution in [3.8, 4) is 39.8 Å². The van der Waals surface area contributed by atoms with Gasteiger partial charge in [-0.15, -0.1) is 0 Å². The van der Waals surface area contributed by atoms with E-state index in [1.54, 1.807) is 47.6 Å². The number of likely N-dealkylation sites (tertiary alicyclic amines) is 1. The Morgan fingerprint density at radius 3 is 2.39 bits per heavy atom. The van der Waals surface area contributed by atoms with Crippen LogP contribution >= 0.6 is 0 Å². The highest BCUT2D eigenvalue weighted by atomic mass is 16.5. The first-order valence-electron chi connectivity index (χ1n) is 13.5. The summed E-state index contributed by atoms with van der Waals surface area (Å²) < 4.78 is 22.8. The summed E-state index contributed by atoms with van der Waals surface area (Å²) in [7, 11) is 0. The number of hydrogen-bond donors (Lipinski definition) is 2. The molecule has 1 spiro atoms. The first-order valence-corrected chi connectivity index (χ1v) is 13.5. The summed E-state index contributed by atoms with van der Waals surface area (Å²) in [5.41, 5.74) is 2.30. The van der Waals surface area contributed by atoms with Gasteiger partial charge < -0.3 is 19.1 Å². The number of piperidine rings is 1. The van der Waals surface area contributed by atoms with Gasteiger partial charge in [0.15, 0.2) is 11.6 Å². The molecule has 12 heteroatoms. The summed E-state index contributed by atoms with van der Waals surface area (Å²) in [6.07, 6.45) is 4.65. The number of fused-ring (bicyclic) bond motifs is 1. The van der Waals surface area contributed by atoms with Crippen LogP contribution in [0.5, 0.6) is 17.2 Å². The number of hydrogen-bond acceptors (Lipinski definition) is 9. The van der Waals surface area contributed by atoms with Crippen molar-refractivity contribution in [2.24, 2.45) is 0 Å². The minimum Gasteiger partial charge on any atom is -0.493 e. The van der Waals surface area contributed by atoms with Crippen molar-refractivity contribution in [1.82, 2.24) is 25.2 Å². The van der Waals surface area contributed by atoms with Crippen molar-refractivity contribution in [2.45, 2.75) is 38.7 Å². The molecule has 2 aliphatic heterocycles. The number of Topliss-reactive ketones (excluding diaryl/α,β-unsaturated/α-hetero) is 1. The van der Waals surface area contributed by atoms with Gasteiger partial charge in [-0.25, -0.2) is 4.79 Å². The normalized spacial score (nSPS) is 15.9. The molecule has 2 aromatic carbocycles. The Bertz CT molecular complexity index is 1620. The van der Waals surface area contributed by atoms with E-state index < -0.39 is 11.4 Å². The van der Waals surface area contributed by atoms with Crippen LogP contribution in [0.4, 0.5) is 0 Å². The summed E-state index contributed by atoms with van der Waals surface area (Å²) in [5.74, 6) is 0.944. The minimum atomic E-state index is -0.692. The fourth-order valence-corrected chi connectivity index (χ4v) is 5.50. The highest BCUT2D eigenvalue weighted by molar-refractivity contribution is 6.01. The van der Waals surface area contributed by atoms with Crippen molar-refractivity contribution in [3.05, 3.63) is 64.4 Å². The van der Waals surface area contributed by atoms with Gasteiger partial charge in [0.25, 0.3) is 5.91 Å². The zero-order chi connectivity index (χ0) is 28.6. The topological polar surface area (TPSA) is 153 Å². The average Bonchev–Trinajstić information content (AvgIpc) is 3.65. The van der Waals surface area contributed by atoms with Gasteiger partial charge in [-0.3, -0.25) is 24.2 Å². The zero-order valence-electron chi connectivity index (χ0n) is 22.7. The molecule has 4 heterocycles. The number of H-pyrrole nitrogens is 2. The molecule has 1 amide bonds. The summed E-state index contributed by atoms with van der Waals surface area (Å²) in [6, 6.07) is 8.57. The molecule has 2 N–H and O–H groups in total. The monoisotopic (exact) mass is 559 g/mol. The van der Waals surface area contributed by atoms with Gasteiger partial charge in [0.1, 0.15) is 22.8 Å². The zero-order valence-corrected chi connectivity index (χ0v) is 22.7. The van der Waals surface area contributed by atoms with Crippen LogP contribution in [0.3, 0.4) is 0 Å². The number of carbonyl (C=O) groups excluding carboxylic acids is 2. The Morgan fingerprint density at radius 2 is 1.78 bits per heavy atom. The van der Waals surface area contributed by atoms with E-state index in [9.17, 15) is 14.4 Å². The van der Waals surface area contributed by atoms with Crippen molar-refractivity contribution in [2.75, 3.05) is 26.3 Å². The number of ether oxygens (including phenoxy) is 3. The molecule has 0 unspecified atom stereocenters. The summed E-state index contributed by atoms with van der Waals surface area (Å²) in [6.45, 7) is 5.47. The van der Waals surface area contributed by atoms with Crippen molar-refractivity contribution in [1.29, 1.82) is 0 Å². The maximum absolute atomic E-state index is 13.7. The molecule has 1 saturated heterocycles. The van der Waals surface area contributed by atoms with E-state index in [1.807, 2.05) is 13.8 Å². The minimum absolute atomic E-state index is 0.0590. The number of benzene rings is 2. The second-order valence-corrected chi connectivity index (χ2v) is 10.0. The molecule has 0 bridgehead atoms. The maximum Gasteiger partial charge on any atom is 0.439 e. The molecule has 1 fully saturated rings. The Morgan fingerprint density at radius 1 is 1.05 bits per heavy atom. The van der Waals surface area contributed by atoms with E-state index in [0.29, 0.717) is 73.1 Å². The van der Waals surface area contributed by atoms with Crippen LogP contribution in [0.2, 0.25) is 0 Å². The van der Waals surface area contributed by atoms with Crippen LogP contribution in [0, 0.1) is 0 Å². The van der Waals surface area contributed by atoms with Crippen molar-refractivity contribution in [3.63, 3.8) is 0 Å². The second kappa shape index (κ2) is 10.6. The number of amides is 1. The molecule has 0 aliphatic carbocycles. The van der Waals surface area contributed by atoms with Gasteiger partial charge >= 0.3 is 5.76 Å². The fourth-order valence-electron chi connectivity index (χ4n) is 5.50. The lowest BCUT2D eigenvalue weighted by Gasteiger charge is -2.44. The summed E-state index contributed by atoms with van der Waals surface area (Å²) in [4.78, 5) is 42.5. The first-order chi connectivity index (χ1) is 19.9. The molecule has 6 rings (SSSR count). The molecule has 2 aliphatic rings. The molecule has 0 atom stereocenters. The molecular formula is C29H29N5O7. The smallest absolute Gasteiger partial charge is 0.439 e. The van der Waals surface area contributed by atoms with Gasteiger partial charge in [-0.1, -0.05) is 5.16 Å². The number of aromatic nitrogens is 4. The predicted molar refractivity (Wildman–Crippen MR) is 146 cm³/mol. The van der Waals surface area contributed by atoms with Gasteiger partial charge in [-0.05, 0) is 44.2 Å². The van der Waals surface area contributed by atoms with Crippen LogP contribution < -0.4 is 20.0 Å². The number of rotatable bonds is 7. The number of nitrogens with zero attached hydrogens (tertiary/aromatic N) is 3. The van der Waals surface area contributed by atoms with Crippen LogP contribution in [-0.2, 0) is 0 Å². The Hall–Kier alpha value is -4.87. The number of carbonyl (C=O) groups is 2. The highest BCUT2D eigenvalue weighted by Gasteiger charge is 2.44. The third kappa shape index (κ3) is 4.96. The Labute approximate surface area is 234 Å². The largest absolute Gasteiger partial charge is 0.493 e. The van der Waals surface area contributed by atoms with E-state index in [-0.39, 0.29) is 23.9 Å². The molecular weight excluding hydrogens is 530 g/mol. The van der Waals surface area contributed by atoms with E-state index in [0.717, 1.165) is 11.1 Å². The van der Waals surface area contributed by atoms with E-state index in [4.69, 9.17) is 14.2 Å². The van der Waals surface area contributed by atoms with Crippen LogP contribution in [0.25, 0.3) is 22.5 Å². The molecule has 12 nitrogen and oxygen atoms in total. The Kier molecular flexibility index (Phi) is 6.82. The summed E-state index contributed by atoms with van der Waals surface area (Å²) >= 11 is 0. The maximum atomic E-state index is 13.7. The highest BCUT2D eigenvalue weighted by Crippen LogP contribution is 2.42. The average molecular weight is 560 g/mol. The van der Waals surface area contributed by atoms with Gasteiger partial charge in [0.2, 0.25) is 0 Å². The molecule has 0 saturated carbocycles. The van der Waals surface area contributed by atoms with Crippen molar-refractivity contribution < 1.29 is 28.3 Å². The third-order valence-electron chi connectivity index (χ3n) is 7.46. The quantitative estimate of drug-likeness (QED) is 0.344.